The van der Waals surface area contributed by atoms with Crippen LogP contribution in [0.2, 0.25) is 0 Å². The van der Waals surface area contributed by atoms with Crippen LogP contribution in [0.5, 0.6) is 5.75 Å². The van der Waals surface area contributed by atoms with E-state index in [0.29, 0.717) is 18.1 Å². The molecule has 0 unspecified atom stereocenters. The van der Waals surface area contributed by atoms with Gasteiger partial charge in [-0.05, 0) is 18.2 Å². The van der Waals surface area contributed by atoms with E-state index in [2.05, 4.69) is 5.32 Å². The van der Waals surface area contributed by atoms with Crippen molar-refractivity contribution in [3.05, 3.63) is 52.3 Å². The molecular formula is C13H11N3O4. The van der Waals surface area contributed by atoms with Crippen LogP contribution in [0, 0.1) is 21.4 Å². The lowest BCUT2D eigenvalue weighted by molar-refractivity contribution is -0.402. The third-order valence-electron chi connectivity index (χ3n) is 2.43. The van der Waals surface area contributed by atoms with Crippen LogP contribution in [0.15, 0.2) is 40.8 Å². The van der Waals surface area contributed by atoms with E-state index in [1.54, 1.807) is 24.3 Å². The maximum absolute atomic E-state index is 10.5. The summed E-state index contributed by atoms with van der Waals surface area (Å²) < 4.78 is 10.2. The van der Waals surface area contributed by atoms with Crippen molar-refractivity contribution in [2.75, 3.05) is 11.9 Å². The van der Waals surface area contributed by atoms with E-state index in [1.165, 1.54) is 6.07 Å². The Balaban J connectivity index is 1.96. The predicted molar refractivity (Wildman–Crippen MR) is 70.2 cm³/mol. The van der Waals surface area contributed by atoms with Gasteiger partial charge in [-0.2, -0.15) is 5.26 Å². The van der Waals surface area contributed by atoms with Gasteiger partial charge in [-0.3, -0.25) is 10.1 Å². The summed E-state index contributed by atoms with van der Waals surface area (Å²) in [6.07, 6.45) is 0. The summed E-state index contributed by atoms with van der Waals surface area (Å²) >= 11 is 0. The quantitative estimate of drug-likeness (QED) is 0.641. The van der Waals surface area contributed by atoms with Crippen LogP contribution in [0.4, 0.5) is 11.6 Å². The average molecular weight is 273 g/mol. The highest BCUT2D eigenvalue weighted by atomic mass is 16.6. The fourth-order valence-corrected chi connectivity index (χ4v) is 1.56. The lowest BCUT2D eigenvalue weighted by atomic mass is 10.3. The fraction of sp³-hybridized carbons (Fsp3) is 0.154. The second kappa shape index (κ2) is 6.24. The highest BCUT2D eigenvalue weighted by Crippen LogP contribution is 2.20. The summed E-state index contributed by atoms with van der Waals surface area (Å²) in [5, 5.41) is 22.0. The molecule has 7 nitrogen and oxygen atoms in total. The first kappa shape index (κ1) is 13.4. The van der Waals surface area contributed by atoms with Gasteiger partial charge in [0, 0.05) is 11.8 Å². The number of benzene rings is 1. The second-order valence-electron chi connectivity index (χ2n) is 3.83. The number of nitro groups is 1. The highest BCUT2D eigenvalue weighted by molar-refractivity contribution is 5.48. The summed E-state index contributed by atoms with van der Waals surface area (Å²) in [7, 11) is 0. The predicted octanol–water partition coefficient (Wildman–Crippen LogP) is 2.70. The number of anilines is 1. The fourth-order valence-electron chi connectivity index (χ4n) is 1.56. The molecule has 0 aliphatic carbocycles. The Hall–Kier alpha value is -3.01. The molecule has 2 rings (SSSR count). The molecule has 0 saturated heterocycles. The number of nitrogens with one attached hydrogen (secondary N) is 1. The molecule has 1 N–H and O–H groups in total. The van der Waals surface area contributed by atoms with E-state index >= 15 is 0 Å². The van der Waals surface area contributed by atoms with Gasteiger partial charge in [0.15, 0.2) is 6.61 Å². The number of furan rings is 1. The Morgan fingerprint density at radius 1 is 1.40 bits per heavy atom. The minimum Gasteiger partial charge on any atom is -0.479 e. The lowest BCUT2D eigenvalue weighted by Crippen LogP contribution is -1.99. The molecule has 0 aliphatic rings. The SMILES string of the molecule is N#CCOc1cccc(NCc2ccc([N+](=O)[O-])o2)c1. The molecule has 7 heteroatoms. The minimum absolute atomic E-state index is 0.0200. The summed E-state index contributed by atoms with van der Waals surface area (Å²) in [4.78, 5) is 9.90. The molecule has 1 aromatic heterocycles. The van der Waals surface area contributed by atoms with Gasteiger partial charge >= 0.3 is 5.88 Å². The van der Waals surface area contributed by atoms with E-state index in [9.17, 15) is 10.1 Å². The number of nitrogens with zero attached hydrogens (tertiary/aromatic N) is 2. The van der Waals surface area contributed by atoms with Crippen molar-refractivity contribution in [2.45, 2.75) is 6.54 Å². The molecular weight excluding hydrogens is 262 g/mol. The van der Waals surface area contributed by atoms with Gasteiger partial charge in [0.25, 0.3) is 0 Å². The van der Waals surface area contributed by atoms with Gasteiger partial charge in [0.1, 0.15) is 22.5 Å². The lowest BCUT2D eigenvalue weighted by Gasteiger charge is -2.06. The molecule has 0 bridgehead atoms. The van der Waals surface area contributed by atoms with Crippen molar-refractivity contribution >= 4 is 11.6 Å². The van der Waals surface area contributed by atoms with Crippen molar-refractivity contribution in [2.24, 2.45) is 0 Å². The first-order valence-electron chi connectivity index (χ1n) is 5.76. The molecule has 1 heterocycles. The summed E-state index contributed by atoms with van der Waals surface area (Å²) in [6, 6.07) is 11.8. The number of hydrogen-bond acceptors (Lipinski definition) is 6. The van der Waals surface area contributed by atoms with E-state index in [4.69, 9.17) is 14.4 Å². The second-order valence-corrected chi connectivity index (χ2v) is 3.83. The van der Waals surface area contributed by atoms with E-state index in [1.807, 2.05) is 12.1 Å². The zero-order valence-electron chi connectivity index (χ0n) is 10.4. The molecule has 0 saturated carbocycles. The number of hydrogen-bond donors (Lipinski definition) is 1. The molecule has 0 atom stereocenters. The normalized spacial score (nSPS) is 9.75. The smallest absolute Gasteiger partial charge is 0.433 e. The maximum atomic E-state index is 10.5. The van der Waals surface area contributed by atoms with Crippen LogP contribution in [0.3, 0.4) is 0 Å². The topological polar surface area (TPSA) is 101 Å². The highest BCUT2D eigenvalue weighted by Gasteiger charge is 2.11. The number of nitriles is 1. The Morgan fingerprint density at radius 2 is 2.25 bits per heavy atom. The van der Waals surface area contributed by atoms with Gasteiger partial charge in [-0.15, -0.1) is 0 Å². The van der Waals surface area contributed by atoms with Crippen LogP contribution in [0.25, 0.3) is 0 Å². The van der Waals surface area contributed by atoms with Gasteiger partial charge in [0.2, 0.25) is 0 Å². The minimum atomic E-state index is -0.583. The molecule has 0 amide bonds. The maximum Gasteiger partial charge on any atom is 0.433 e. The number of ether oxygens (including phenoxy) is 1. The third kappa shape index (κ3) is 3.49. The van der Waals surface area contributed by atoms with Crippen LogP contribution < -0.4 is 10.1 Å². The Morgan fingerprint density at radius 3 is 2.95 bits per heavy atom. The largest absolute Gasteiger partial charge is 0.479 e. The van der Waals surface area contributed by atoms with Gasteiger partial charge in [-0.25, -0.2) is 0 Å². The summed E-state index contributed by atoms with van der Waals surface area (Å²) in [5.41, 5.74) is 0.763. The Bertz CT molecular complexity index is 645. The van der Waals surface area contributed by atoms with Crippen molar-refractivity contribution in [3.63, 3.8) is 0 Å². The summed E-state index contributed by atoms with van der Waals surface area (Å²) in [5.74, 6) is 0.745. The van der Waals surface area contributed by atoms with Crippen molar-refractivity contribution in [1.82, 2.24) is 0 Å². The van der Waals surface area contributed by atoms with Crippen LogP contribution in [-0.2, 0) is 6.54 Å². The molecule has 102 valence electrons. The molecule has 20 heavy (non-hydrogen) atoms. The monoisotopic (exact) mass is 273 g/mol. The molecule has 0 radical (unpaired) electrons. The number of rotatable bonds is 6. The molecule has 1 aromatic carbocycles. The first-order valence-corrected chi connectivity index (χ1v) is 5.76. The Labute approximate surface area is 114 Å². The molecule has 2 aromatic rings. The molecule has 0 fully saturated rings. The van der Waals surface area contributed by atoms with Crippen molar-refractivity contribution in [1.29, 1.82) is 5.26 Å². The molecule has 0 spiro atoms. The zero-order valence-corrected chi connectivity index (χ0v) is 10.4. The average Bonchev–Trinajstić information content (AvgIpc) is 2.92. The van der Waals surface area contributed by atoms with Gasteiger partial charge < -0.3 is 14.5 Å². The molecule has 0 aliphatic heterocycles. The van der Waals surface area contributed by atoms with Crippen LogP contribution >= 0.6 is 0 Å². The van der Waals surface area contributed by atoms with Gasteiger partial charge in [-0.1, -0.05) is 6.07 Å². The third-order valence-corrected chi connectivity index (χ3v) is 2.43. The van der Waals surface area contributed by atoms with Crippen LogP contribution in [0.1, 0.15) is 5.76 Å². The summed E-state index contributed by atoms with van der Waals surface area (Å²) in [6.45, 7) is 0.295. The van der Waals surface area contributed by atoms with Crippen molar-refractivity contribution < 1.29 is 14.1 Å². The first-order chi connectivity index (χ1) is 9.69. The van der Waals surface area contributed by atoms with E-state index in [0.717, 1.165) is 5.69 Å². The van der Waals surface area contributed by atoms with E-state index < -0.39 is 4.92 Å². The van der Waals surface area contributed by atoms with Gasteiger partial charge in [0.05, 0.1) is 12.6 Å². The van der Waals surface area contributed by atoms with E-state index in [-0.39, 0.29) is 12.5 Å². The van der Waals surface area contributed by atoms with Crippen LogP contribution in [-0.4, -0.2) is 11.5 Å². The zero-order chi connectivity index (χ0) is 14.4. The van der Waals surface area contributed by atoms with Crippen molar-refractivity contribution in [3.8, 4) is 11.8 Å². The Kier molecular flexibility index (Phi) is 4.19. The standard InChI is InChI=1S/C13H11N3O4/c14-6-7-19-11-3-1-2-10(8-11)15-9-12-4-5-13(20-12)16(17)18/h1-5,8,15H,7,9H2.